The number of hydrogen-bond acceptors (Lipinski definition) is 1. The van der Waals surface area contributed by atoms with Crippen LogP contribution in [-0.4, -0.2) is 43.2 Å². The molecule has 1 unspecified atom stereocenters. The molecule has 1 heterocycles. The lowest BCUT2D eigenvalue weighted by Crippen LogP contribution is -2.28. The van der Waals surface area contributed by atoms with E-state index >= 15 is 0 Å². The molecule has 9 heavy (non-hydrogen) atoms. The molecular weight excluding hydrogens is 199 g/mol. The van der Waals surface area contributed by atoms with Gasteiger partial charge in [0.05, 0.1) is 27.2 Å². The number of nitrogens with zero attached hydrogens (tertiary/aromatic N) is 2. The molecule has 0 bridgehead atoms. The van der Waals surface area contributed by atoms with E-state index in [9.17, 15) is 0 Å². The van der Waals surface area contributed by atoms with Gasteiger partial charge in [-0.1, -0.05) is 0 Å². The molecular formula is C5H13BrN2P+. The SMILES string of the molecule is CN1CC[N+](C)(C)P1Br. The van der Waals surface area contributed by atoms with Crippen LogP contribution in [0.4, 0.5) is 0 Å². The van der Waals surface area contributed by atoms with Crippen LogP contribution >= 0.6 is 22.4 Å². The monoisotopic (exact) mass is 211 g/mol. The molecule has 0 radical (unpaired) electrons. The molecule has 0 aliphatic carbocycles. The second-order valence-electron chi connectivity index (χ2n) is 2.97. The minimum absolute atomic E-state index is 0.0862. The Hall–Kier alpha value is 0.830. The summed E-state index contributed by atoms with van der Waals surface area (Å²) < 4.78 is 3.52. The highest BCUT2D eigenvalue weighted by atomic mass is 79.9. The van der Waals surface area contributed by atoms with Gasteiger partial charge in [-0.25, -0.2) is 4.67 Å². The maximum atomic E-state index is 3.69. The highest BCUT2D eigenvalue weighted by Gasteiger charge is 2.37. The molecule has 0 spiro atoms. The maximum Gasteiger partial charge on any atom is 0.257 e. The van der Waals surface area contributed by atoms with Crippen LogP contribution < -0.4 is 0 Å². The van der Waals surface area contributed by atoms with Gasteiger partial charge in [-0.2, -0.15) is 0 Å². The molecule has 54 valence electrons. The smallest absolute Gasteiger partial charge is 0.257 e. The fraction of sp³-hybridized carbons (Fsp3) is 1.00. The fourth-order valence-corrected chi connectivity index (χ4v) is 3.26. The average Bonchev–Trinajstić information content (AvgIpc) is 1.97. The van der Waals surface area contributed by atoms with Gasteiger partial charge in [-0.3, -0.25) is 4.25 Å². The summed E-state index contributed by atoms with van der Waals surface area (Å²) in [6, 6.07) is 0. The Labute approximate surface area is 66.0 Å². The Morgan fingerprint density at radius 2 is 2.11 bits per heavy atom. The molecule has 1 fully saturated rings. The van der Waals surface area contributed by atoms with E-state index < -0.39 is 0 Å². The van der Waals surface area contributed by atoms with Crippen LogP contribution in [0.1, 0.15) is 0 Å². The highest BCUT2D eigenvalue weighted by molar-refractivity contribution is 9.38. The van der Waals surface area contributed by atoms with Crippen LogP contribution in [0.2, 0.25) is 0 Å². The van der Waals surface area contributed by atoms with E-state index in [1.807, 2.05) is 0 Å². The number of quaternary nitrogens is 1. The minimum atomic E-state index is -0.0862. The summed E-state index contributed by atoms with van der Waals surface area (Å²) in [6.45, 7) is 2.41. The molecule has 1 rings (SSSR count). The summed E-state index contributed by atoms with van der Waals surface area (Å²) in [5.74, 6) is 0. The van der Waals surface area contributed by atoms with Gasteiger partial charge in [0.15, 0.2) is 0 Å². The zero-order chi connectivity index (χ0) is 7.07. The lowest BCUT2D eigenvalue weighted by molar-refractivity contribution is -0.753. The van der Waals surface area contributed by atoms with E-state index in [0.717, 1.165) is 4.25 Å². The third-order valence-corrected chi connectivity index (χ3v) is 7.76. The Balaban J connectivity index is 2.62. The molecule has 2 nitrogen and oxygen atoms in total. The van der Waals surface area contributed by atoms with Crippen molar-refractivity contribution < 1.29 is 4.25 Å². The van der Waals surface area contributed by atoms with E-state index in [1.165, 1.54) is 13.1 Å². The second kappa shape index (κ2) is 2.46. The Morgan fingerprint density at radius 1 is 1.56 bits per heavy atom. The standard InChI is InChI=1S/C5H13BrN2P/c1-7-4-5-8(2,3)9(7)6/h4-5H2,1-3H3/q+1. The van der Waals surface area contributed by atoms with Gasteiger partial charge in [0.1, 0.15) is 0 Å². The first-order valence-electron chi connectivity index (χ1n) is 3.04. The van der Waals surface area contributed by atoms with Crippen molar-refractivity contribution in [3.05, 3.63) is 0 Å². The third-order valence-electron chi connectivity index (χ3n) is 1.70. The van der Waals surface area contributed by atoms with Crippen molar-refractivity contribution >= 4 is 22.4 Å². The van der Waals surface area contributed by atoms with Gasteiger partial charge in [0, 0.05) is 15.5 Å². The summed E-state index contributed by atoms with van der Waals surface area (Å²) in [4.78, 5) is 0. The Kier molecular flexibility index (Phi) is 2.17. The van der Waals surface area contributed by atoms with Gasteiger partial charge in [-0.15, -0.1) is 0 Å². The van der Waals surface area contributed by atoms with Crippen LogP contribution in [0, 0.1) is 0 Å². The van der Waals surface area contributed by atoms with E-state index in [-0.39, 0.29) is 6.93 Å². The fourth-order valence-electron chi connectivity index (χ4n) is 0.968. The summed E-state index contributed by atoms with van der Waals surface area (Å²) >= 11 is 3.69. The zero-order valence-electron chi connectivity index (χ0n) is 6.13. The molecule has 0 aromatic rings. The van der Waals surface area contributed by atoms with Gasteiger partial charge >= 0.3 is 0 Å². The predicted octanol–water partition coefficient (Wildman–Crippen LogP) is 1.63. The zero-order valence-corrected chi connectivity index (χ0v) is 8.61. The van der Waals surface area contributed by atoms with E-state index in [2.05, 4.69) is 41.3 Å². The van der Waals surface area contributed by atoms with E-state index in [1.54, 1.807) is 0 Å². The van der Waals surface area contributed by atoms with E-state index in [4.69, 9.17) is 0 Å². The predicted molar refractivity (Wildman–Crippen MR) is 45.5 cm³/mol. The molecule has 1 aliphatic rings. The number of hydrogen-bond donors (Lipinski definition) is 0. The normalized spacial score (nSPS) is 35.3. The molecule has 1 saturated heterocycles. The first kappa shape index (κ1) is 7.93. The molecule has 1 aliphatic heterocycles. The summed E-state index contributed by atoms with van der Waals surface area (Å²) in [7, 11) is 6.71. The lowest BCUT2D eigenvalue weighted by atomic mass is 10.6. The van der Waals surface area contributed by atoms with Crippen LogP contribution in [0.15, 0.2) is 0 Å². The van der Waals surface area contributed by atoms with Crippen LogP contribution in [0.3, 0.4) is 0 Å². The van der Waals surface area contributed by atoms with Crippen molar-refractivity contribution in [2.75, 3.05) is 34.2 Å². The first-order valence-corrected chi connectivity index (χ1v) is 6.31. The minimum Gasteiger partial charge on any atom is -0.292 e. The lowest BCUT2D eigenvalue weighted by Gasteiger charge is -2.26. The van der Waals surface area contributed by atoms with Crippen molar-refractivity contribution in [1.82, 2.24) is 4.67 Å². The van der Waals surface area contributed by atoms with Crippen LogP contribution in [-0.2, 0) is 0 Å². The van der Waals surface area contributed by atoms with Crippen molar-refractivity contribution in [2.45, 2.75) is 0 Å². The van der Waals surface area contributed by atoms with Crippen molar-refractivity contribution in [1.29, 1.82) is 0 Å². The molecule has 0 saturated carbocycles. The molecule has 0 amide bonds. The molecule has 1 atom stereocenters. The Bertz CT molecular complexity index is 118. The maximum absolute atomic E-state index is 3.69. The topological polar surface area (TPSA) is 3.24 Å². The van der Waals surface area contributed by atoms with Crippen LogP contribution in [0.25, 0.3) is 0 Å². The highest BCUT2D eigenvalue weighted by Crippen LogP contribution is 2.57. The average molecular weight is 212 g/mol. The van der Waals surface area contributed by atoms with Crippen molar-refractivity contribution in [3.8, 4) is 0 Å². The van der Waals surface area contributed by atoms with Crippen molar-refractivity contribution in [3.63, 3.8) is 0 Å². The number of halogens is 1. The molecule has 0 aromatic carbocycles. The molecule has 0 aromatic heterocycles. The van der Waals surface area contributed by atoms with Gasteiger partial charge < -0.3 is 0 Å². The summed E-state index contributed by atoms with van der Waals surface area (Å²) in [5.41, 5.74) is 0. The third kappa shape index (κ3) is 1.45. The number of rotatable bonds is 0. The van der Waals surface area contributed by atoms with Crippen molar-refractivity contribution in [2.24, 2.45) is 0 Å². The second-order valence-corrected chi connectivity index (χ2v) is 7.12. The van der Waals surface area contributed by atoms with Gasteiger partial charge in [0.25, 0.3) is 6.93 Å². The molecule has 4 heteroatoms. The largest absolute Gasteiger partial charge is 0.292 e. The number of likely N-dealkylation sites (N-methyl/N-ethyl adjacent to an activating group) is 2. The quantitative estimate of drug-likeness (QED) is 0.551. The summed E-state index contributed by atoms with van der Waals surface area (Å²) in [6.07, 6.45) is 0. The molecule has 0 N–H and O–H groups in total. The Morgan fingerprint density at radius 3 is 2.22 bits per heavy atom. The van der Waals surface area contributed by atoms with E-state index in [0.29, 0.717) is 0 Å². The summed E-state index contributed by atoms with van der Waals surface area (Å²) in [5, 5.41) is 0. The van der Waals surface area contributed by atoms with Gasteiger partial charge in [0.2, 0.25) is 0 Å². The van der Waals surface area contributed by atoms with Crippen LogP contribution in [0.5, 0.6) is 0 Å². The first-order chi connectivity index (χ1) is 4.04. The van der Waals surface area contributed by atoms with Gasteiger partial charge in [-0.05, 0) is 7.05 Å².